The normalized spacial score (nSPS) is 21.6. The number of hydrogen-bond donors (Lipinski definition) is 1. The zero-order valence-electron chi connectivity index (χ0n) is 5.64. The quantitative estimate of drug-likeness (QED) is 0.540. The van der Waals surface area contributed by atoms with E-state index in [1.165, 1.54) is 3.70 Å². The van der Waals surface area contributed by atoms with Gasteiger partial charge in [0.2, 0.25) is 0 Å². The second-order valence-corrected chi connectivity index (χ2v) is 3.88. The van der Waals surface area contributed by atoms with E-state index in [1.807, 2.05) is 18.4 Å². The number of hydrogen-bond acceptors (Lipinski definition) is 2. The molecule has 0 saturated carbocycles. The summed E-state index contributed by atoms with van der Waals surface area (Å²) in [5, 5.41) is 3.94. The first-order chi connectivity index (χ1) is 5.27. The van der Waals surface area contributed by atoms with Crippen LogP contribution in [-0.2, 0) is 0 Å². The minimum absolute atomic E-state index is 0.809. The molecule has 1 N–H and O–H groups in total. The summed E-state index contributed by atoms with van der Waals surface area (Å²) in [6, 6.07) is 0. The molecule has 0 aliphatic carbocycles. The highest BCUT2D eigenvalue weighted by molar-refractivity contribution is 14.1. The van der Waals surface area contributed by atoms with Gasteiger partial charge in [-0.2, -0.15) is 0 Å². The molecule has 2 nitrogen and oxygen atoms in total. The highest BCUT2D eigenvalue weighted by Gasteiger charge is 2.19. The average Bonchev–Trinajstić information content (AvgIpc) is 2.32. The molecule has 2 aliphatic rings. The predicted molar refractivity (Wildman–Crippen MR) is 54.0 cm³/mol. The molecule has 0 amide bonds. The number of halogens is 2. The lowest BCUT2D eigenvalue weighted by Crippen LogP contribution is -2.22. The van der Waals surface area contributed by atoms with E-state index in [9.17, 15) is 0 Å². The fourth-order valence-electron chi connectivity index (χ4n) is 1.08. The Morgan fingerprint density at radius 2 is 2.45 bits per heavy atom. The van der Waals surface area contributed by atoms with Gasteiger partial charge in [0.15, 0.2) is 0 Å². The Kier molecular flexibility index (Phi) is 1.85. The van der Waals surface area contributed by atoms with Crippen molar-refractivity contribution >= 4 is 34.2 Å². The Bertz CT molecular complexity index is 280. The van der Waals surface area contributed by atoms with Gasteiger partial charge in [-0.1, -0.05) is 11.6 Å². The molecule has 4 heteroatoms. The molecule has 0 aromatic carbocycles. The maximum Gasteiger partial charge on any atom is 0.112 e. The summed E-state index contributed by atoms with van der Waals surface area (Å²) in [4.78, 5) is 2.16. The van der Waals surface area contributed by atoms with E-state index in [0.29, 0.717) is 0 Å². The highest BCUT2D eigenvalue weighted by Crippen LogP contribution is 2.27. The van der Waals surface area contributed by atoms with Crippen LogP contribution in [0.4, 0.5) is 0 Å². The first-order valence-corrected chi connectivity index (χ1v) is 4.70. The van der Waals surface area contributed by atoms with Crippen molar-refractivity contribution in [2.24, 2.45) is 0 Å². The predicted octanol–water partition coefficient (Wildman–Crippen LogP) is 2.10. The van der Waals surface area contributed by atoms with Crippen molar-refractivity contribution < 1.29 is 0 Å². The van der Waals surface area contributed by atoms with Crippen molar-refractivity contribution in [3.63, 3.8) is 0 Å². The fourth-order valence-corrected chi connectivity index (χ4v) is 1.86. The molecule has 0 radical (unpaired) electrons. The van der Waals surface area contributed by atoms with Crippen LogP contribution in [0.15, 0.2) is 32.9 Å². The maximum absolute atomic E-state index is 5.82. The van der Waals surface area contributed by atoms with E-state index >= 15 is 0 Å². The Balaban J connectivity index is 2.29. The molecule has 0 fully saturated rings. The summed E-state index contributed by atoms with van der Waals surface area (Å²) in [5.41, 5.74) is 0. The number of nitrogens with one attached hydrogen (secondary N) is 1. The van der Waals surface area contributed by atoms with Crippen LogP contribution in [0.3, 0.4) is 0 Å². The summed E-state index contributed by atoms with van der Waals surface area (Å²) in [6.45, 7) is 0.868. The molecule has 0 saturated heterocycles. The van der Waals surface area contributed by atoms with Crippen LogP contribution < -0.4 is 5.32 Å². The molecule has 0 atom stereocenters. The SMILES string of the molecule is ClC1=CCN2C(I)=CNC2=C1. The molecule has 0 aromatic rings. The molecule has 0 unspecified atom stereocenters. The summed E-state index contributed by atoms with van der Waals surface area (Å²) >= 11 is 8.11. The summed E-state index contributed by atoms with van der Waals surface area (Å²) in [5.74, 6) is 1.07. The zero-order valence-corrected chi connectivity index (χ0v) is 8.56. The van der Waals surface area contributed by atoms with Gasteiger partial charge in [0.25, 0.3) is 0 Å². The Morgan fingerprint density at radius 1 is 1.64 bits per heavy atom. The Morgan fingerprint density at radius 3 is 3.27 bits per heavy atom. The third kappa shape index (κ3) is 1.27. The number of rotatable bonds is 0. The summed E-state index contributed by atoms with van der Waals surface area (Å²) < 4.78 is 1.20. The van der Waals surface area contributed by atoms with Gasteiger partial charge in [0, 0.05) is 17.8 Å². The van der Waals surface area contributed by atoms with Crippen molar-refractivity contribution in [3.05, 3.63) is 32.9 Å². The third-order valence-corrected chi connectivity index (χ3v) is 2.79. The van der Waals surface area contributed by atoms with Crippen LogP contribution >= 0.6 is 34.2 Å². The van der Waals surface area contributed by atoms with Crippen LogP contribution in [0.2, 0.25) is 0 Å². The summed E-state index contributed by atoms with van der Waals surface area (Å²) in [7, 11) is 0. The minimum Gasteiger partial charge on any atom is -0.345 e. The van der Waals surface area contributed by atoms with E-state index in [4.69, 9.17) is 11.6 Å². The summed E-state index contributed by atoms with van der Waals surface area (Å²) in [6.07, 6.45) is 5.88. The number of allylic oxidation sites excluding steroid dienone is 2. The van der Waals surface area contributed by atoms with Crippen LogP contribution in [0.5, 0.6) is 0 Å². The van der Waals surface area contributed by atoms with E-state index in [1.54, 1.807) is 0 Å². The molecule has 0 bridgehead atoms. The van der Waals surface area contributed by atoms with E-state index < -0.39 is 0 Å². The van der Waals surface area contributed by atoms with Crippen molar-refractivity contribution in [2.75, 3.05) is 6.54 Å². The maximum atomic E-state index is 5.82. The third-order valence-electron chi connectivity index (χ3n) is 1.63. The highest BCUT2D eigenvalue weighted by atomic mass is 127. The van der Waals surface area contributed by atoms with Gasteiger partial charge in [-0.05, 0) is 34.7 Å². The lowest BCUT2D eigenvalue weighted by Gasteiger charge is -2.21. The van der Waals surface area contributed by atoms with Gasteiger partial charge >= 0.3 is 0 Å². The molecular formula is C7H6ClIN2. The lowest BCUT2D eigenvalue weighted by molar-refractivity contribution is 0.507. The Hall–Kier alpha value is -0.160. The van der Waals surface area contributed by atoms with E-state index in [-0.39, 0.29) is 0 Å². The van der Waals surface area contributed by atoms with Crippen LogP contribution in [0.25, 0.3) is 0 Å². The molecule has 11 heavy (non-hydrogen) atoms. The monoisotopic (exact) mass is 280 g/mol. The molecular weight excluding hydrogens is 274 g/mol. The van der Waals surface area contributed by atoms with Gasteiger partial charge < -0.3 is 10.2 Å². The first-order valence-electron chi connectivity index (χ1n) is 3.24. The topological polar surface area (TPSA) is 15.3 Å². The fraction of sp³-hybridized carbons (Fsp3) is 0.143. The first kappa shape index (κ1) is 7.49. The Labute approximate surface area is 83.7 Å². The van der Waals surface area contributed by atoms with E-state index in [0.717, 1.165) is 17.4 Å². The van der Waals surface area contributed by atoms with Gasteiger partial charge in [-0.15, -0.1) is 0 Å². The smallest absolute Gasteiger partial charge is 0.112 e. The molecule has 2 aliphatic heterocycles. The van der Waals surface area contributed by atoms with Crippen molar-refractivity contribution in [1.29, 1.82) is 0 Å². The molecule has 2 heterocycles. The second-order valence-electron chi connectivity index (χ2n) is 2.34. The van der Waals surface area contributed by atoms with Gasteiger partial charge in [0.05, 0.1) is 3.70 Å². The average molecular weight is 280 g/mol. The van der Waals surface area contributed by atoms with Crippen LogP contribution in [0, 0.1) is 0 Å². The second kappa shape index (κ2) is 2.71. The number of nitrogens with zero attached hydrogens (tertiary/aromatic N) is 1. The minimum atomic E-state index is 0.809. The lowest BCUT2D eigenvalue weighted by atomic mass is 10.3. The van der Waals surface area contributed by atoms with Crippen LogP contribution in [-0.4, -0.2) is 11.4 Å². The largest absolute Gasteiger partial charge is 0.345 e. The molecule has 58 valence electrons. The van der Waals surface area contributed by atoms with Gasteiger partial charge in [-0.25, -0.2) is 0 Å². The molecule has 0 aromatic heterocycles. The number of fused-ring (bicyclic) bond motifs is 1. The molecule has 0 spiro atoms. The molecule has 2 rings (SSSR count). The van der Waals surface area contributed by atoms with E-state index in [2.05, 4.69) is 32.8 Å². The standard InChI is InChI=1S/C7H6ClIN2/c8-5-1-2-11-6(9)4-10-7(11)3-5/h1,3-4,10H,2H2. The van der Waals surface area contributed by atoms with Crippen molar-refractivity contribution in [2.45, 2.75) is 0 Å². The van der Waals surface area contributed by atoms with Crippen molar-refractivity contribution in [3.8, 4) is 0 Å². The van der Waals surface area contributed by atoms with Crippen LogP contribution in [0.1, 0.15) is 0 Å². The van der Waals surface area contributed by atoms with Gasteiger partial charge in [-0.3, -0.25) is 0 Å². The van der Waals surface area contributed by atoms with Gasteiger partial charge in [0.1, 0.15) is 5.82 Å². The van der Waals surface area contributed by atoms with Crippen molar-refractivity contribution in [1.82, 2.24) is 10.2 Å². The zero-order chi connectivity index (χ0) is 7.84.